The lowest BCUT2D eigenvalue weighted by Gasteiger charge is -2.26. The van der Waals surface area contributed by atoms with E-state index >= 15 is 0 Å². The van der Waals surface area contributed by atoms with Gasteiger partial charge in [0.2, 0.25) is 5.91 Å². The maximum absolute atomic E-state index is 12.0. The van der Waals surface area contributed by atoms with Gasteiger partial charge in [-0.15, -0.1) is 0 Å². The average molecular weight is 248 g/mol. The van der Waals surface area contributed by atoms with Gasteiger partial charge in [0.25, 0.3) is 0 Å². The molecule has 0 aromatic carbocycles. The first-order valence-corrected chi connectivity index (χ1v) is 6.85. The maximum atomic E-state index is 12.0. The molecule has 98 valence electrons. The number of aromatic amines is 1. The number of imidazole rings is 1. The number of carbonyl (C=O) groups is 1. The van der Waals surface area contributed by atoms with Crippen LogP contribution in [0.4, 0.5) is 0 Å². The summed E-state index contributed by atoms with van der Waals surface area (Å²) >= 11 is 0. The molecule has 1 atom stereocenters. The van der Waals surface area contributed by atoms with Gasteiger partial charge in [0.1, 0.15) is 0 Å². The van der Waals surface area contributed by atoms with Gasteiger partial charge in [-0.2, -0.15) is 0 Å². The maximum Gasteiger partial charge on any atom is 0.237 e. The summed E-state index contributed by atoms with van der Waals surface area (Å²) in [4.78, 5) is 19.3. The van der Waals surface area contributed by atoms with E-state index in [1.807, 2.05) is 0 Å². The number of fused-ring (bicyclic) bond motifs is 1. The highest BCUT2D eigenvalue weighted by Gasteiger charge is 2.25. The van der Waals surface area contributed by atoms with Gasteiger partial charge in [-0.25, -0.2) is 4.98 Å². The first-order chi connectivity index (χ1) is 8.83. The van der Waals surface area contributed by atoms with Crippen LogP contribution in [0, 0.1) is 5.92 Å². The van der Waals surface area contributed by atoms with Crippen LogP contribution in [0.1, 0.15) is 37.1 Å². The monoisotopic (exact) mass is 248 g/mol. The topological polar surface area (TPSA) is 69.8 Å². The predicted octanol–water partition coefficient (Wildman–Crippen LogP) is 0.730. The zero-order chi connectivity index (χ0) is 12.4. The Morgan fingerprint density at radius 2 is 2.39 bits per heavy atom. The van der Waals surface area contributed by atoms with E-state index in [4.69, 9.17) is 0 Å². The molecule has 18 heavy (non-hydrogen) atoms. The predicted molar refractivity (Wildman–Crippen MR) is 67.9 cm³/mol. The molecule has 1 aromatic rings. The van der Waals surface area contributed by atoms with Crippen LogP contribution in [0.15, 0.2) is 6.33 Å². The lowest BCUT2D eigenvalue weighted by atomic mass is 9.83. The molecular weight excluding hydrogens is 228 g/mol. The van der Waals surface area contributed by atoms with Crippen LogP contribution < -0.4 is 10.6 Å². The number of rotatable bonds is 4. The normalized spacial score (nSPS) is 23.2. The van der Waals surface area contributed by atoms with Crippen molar-refractivity contribution in [2.24, 2.45) is 5.92 Å². The van der Waals surface area contributed by atoms with Crippen LogP contribution in [0.5, 0.6) is 0 Å². The van der Waals surface area contributed by atoms with Gasteiger partial charge in [0.15, 0.2) is 0 Å². The summed E-state index contributed by atoms with van der Waals surface area (Å²) in [6.07, 6.45) is 7.57. The minimum Gasteiger partial charge on any atom is -0.355 e. The molecule has 1 fully saturated rings. The third kappa shape index (κ3) is 2.41. The van der Waals surface area contributed by atoms with E-state index in [9.17, 15) is 4.79 Å². The molecule has 5 nitrogen and oxygen atoms in total. The summed E-state index contributed by atoms with van der Waals surface area (Å²) in [7, 11) is 0. The highest BCUT2D eigenvalue weighted by atomic mass is 16.2. The quantitative estimate of drug-likeness (QED) is 0.735. The number of amides is 1. The van der Waals surface area contributed by atoms with Crippen molar-refractivity contribution in [1.82, 2.24) is 20.6 Å². The van der Waals surface area contributed by atoms with Gasteiger partial charge in [-0.05, 0) is 12.3 Å². The number of nitrogens with zero attached hydrogens (tertiary/aromatic N) is 1. The number of nitrogens with one attached hydrogen (secondary N) is 3. The SMILES string of the molecule is O=C(NCCC1CCC1)C1Cc2nc[nH]c2CN1. The minimum atomic E-state index is -0.123. The van der Waals surface area contributed by atoms with Crippen molar-refractivity contribution in [2.75, 3.05) is 6.54 Å². The standard InChI is InChI=1S/C13H20N4O/c18-13(14-5-4-9-2-1-3-9)11-6-10-12(7-15-11)17-8-16-10/h8-9,11,15H,1-7H2,(H,14,18)(H,16,17). The van der Waals surface area contributed by atoms with Gasteiger partial charge in [0.05, 0.1) is 23.8 Å². The number of aromatic nitrogens is 2. The third-order valence-electron chi connectivity index (χ3n) is 4.12. The number of hydrogen-bond acceptors (Lipinski definition) is 3. The van der Waals surface area contributed by atoms with Gasteiger partial charge in [-0.3, -0.25) is 10.1 Å². The summed E-state index contributed by atoms with van der Waals surface area (Å²) in [5.41, 5.74) is 2.13. The van der Waals surface area contributed by atoms with E-state index in [-0.39, 0.29) is 11.9 Å². The van der Waals surface area contributed by atoms with Crippen LogP contribution in [0.25, 0.3) is 0 Å². The molecule has 1 unspecified atom stereocenters. The molecule has 3 N–H and O–H groups in total. The second-order valence-corrected chi connectivity index (χ2v) is 5.34. The van der Waals surface area contributed by atoms with Crippen LogP contribution in [-0.2, 0) is 17.8 Å². The molecule has 1 saturated carbocycles. The molecule has 5 heteroatoms. The fourth-order valence-corrected chi connectivity index (χ4v) is 2.66. The Labute approximate surface area is 107 Å². The number of H-pyrrole nitrogens is 1. The molecule has 1 aromatic heterocycles. The summed E-state index contributed by atoms with van der Waals surface area (Å²) < 4.78 is 0. The highest BCUT2D eigenvalue weighted by molar-refractivity contribution is 5.82. The van der Waals surface area contributed by atoms with Crippen LogP contribution in [0.2, 0.25) is 0 Å². The Kier molecular flexibility index (Phi) is 3.32. The van der Waals surface area contributed by atoms with E-state index in [0.717, 1.165) is 30.3 Å². The Bertz CT molecular complexity index is 424. The number of carbonyl (C=O) groups excluding carboxylic acids is 1. The molecule has 0 bridgehead atoms. The molecule has 1 amide bonds. The summed E-state index contributed by atoms with van der Waals surface area (Å²) in [6.45, 7) is 1.52. The van der Waals surface area contributed by atoms with Crippen molar-refractivity contribution in [1.29, 1.82) is 0 Å². The largest absolute Gasteiger partial charge is 0.355 e. The lowest BCUT2D eigenvalue weighted by molar-refractivity contribution is -0.123. The van der Waals surface area contributed by atoms with Crippen LogP contribution in [-0.4, -0.2) is 28.5 Å². The highest BCUT2D eigenvalue weighted by Crippen LogP contribution is 2.28. The van der Waals surface area contributed by atoms with Crippen LogP contribution in [0.3, 0.4) is 0 Å². The minimum absolute atomic E-state index is 0.114. The first kappa shape index (κ1) is 11.7. The van der Waals surface area contributed by atoms with E-state index < -0.39 is 0 Å². The molecule has 1 aliphatic heterocycles. The van der Waals surface area contributed by atoms with Gasteiger partial charge in [-0.1, -0.05) is 19.3 Å². The molecular formula is C13H20N4O. The zero-order valence-corrected chi connectivity index (χ0v) is 10.5. The zero-order valence-electron chi connectivity index (χ0n) is 10.5. The van der Waals surface area contributed by atoms with Gasteiger partial charge < -0.3 is 10.3 Å². The van der Waals surface area contributed by atoms with Crippen molar-refractivity contribution < 1.29 is 4.79 Å². The molecule has 0 spiro atoms. The second-order valence-electron chi connectivity index (χ2n) is 5.34. The summed E-state index contributed by atoms with van der Waals surface area (Å²) in [5.74, 6) is 0.963. The molecule has 3 rings (SSSR count). The Morgan fingerprint density at radius 3 is 3.17 bits per heavy atom. The fourth-order valence-electron chi connectivity index (χ4n) is 2.66. The Balaban J connectivity index is 1.45. The van der Waals surface area contributed by atoms with E-state index in [1.54, 1.807) is 6.33 Å². The lowest BCUT2D eigenvalue weighted by Crippen LogP contribution is -2.48. The van der Waals surface area contributed by atoms with Gasteiger partial charge >= 0.3 is 0 Å². The first-order valence-electron chi connectivity index (χ1n) is 6.85. The van der Waals surface area contributed by atoms with Crippen molar-refractivity contribution >= 4 is 5.91 Å². The van der Waals surface area contributed by atoms with Gasteiger partial charge in [0, 0.05) is 19.5 Å². The smallest absolute Gasteiger partial charge is 0.237 e. The summed E-state index contributed by atoms with van der Waals surface area (Å²) in [6, 6.07) is -0.123. The average Bonchev–Trinajstić information content (AvgIpc) is 2.79. The van der Waals surface area contributed by atoms with Crippen molar-refractivity contribution in [2.45, 2.75) is 44.7 Å². The van der Waals surface area contributed by atoms with E-state index in [0.29, 0.717) is 13.0 Å². The van der Waals surface area contributed by atoms with Crippen molar-refractivity contribution in [3.05, 3.63) is 17.7 Å². The number of hydrogen-bond donors (Lipinski definition) is 3. The summed E-state index contributed by atoms with van der Waals surface area (Å²) in [5, 5.41) is 6.28. The van der Waals surface area contributed by atoms with Crippen molar-refractivity contribution in [3.63, 3.8) is 0 Å². The van der Waals surface area contributed by atoms with E-state index in [1.165, 1.54) is 19.3 Å². The molecule has 2 heterocycles. The Hall–Kier alpha value is -1.36. The molecule has 0 saturated heterocycles. The van der Waals surface area contributed by atoms with Crippen LogP contribution >= 0.6 is 0 Å². The second kappa shape index (κ2) is 5.10. The fraction of sp³-hybridized carbons (Fsp3) is 0.692. The van der Waals surface area contributed by atoms with E-state index in [2.05, 4.69) is 20.6 Å². The van der Waals surface area contributed by atoms with Crippen molar-refractivity contribution in [3.8, 4) is 0 Å². The molecule has 1 aliphatic carbocycles. The third-order valence-corrected chi connectivity index (χ3v) is 4.12. The molecule has 0 radical (unpaired) electrons. The Morgan fingerprint density at radius 1 is 1.50 bits per heavy atom. The molecule has 2 aliphatic rings.